The van der Waals surface area contributed by atoms with Gasteiger partial charge in [-0.3, -0.25) is 14.4 Å². The van der Waals surface area contributed by atoms with Crippen LogP contribution in [0.3, 0.4) is 0 Å². The summed E-state index contributed by atoms with van der Waals surface area (Å²) in [5.41, 5.74) is 0.367. The molecule has 10 heteroatoms. The maximum absolute atomic E-state index is 12.6. The van der Waals surface area contributed by atoms with Crippen molar-refractivity contribution in [2.75, 3.05) is 25.0 Å². The SMILES string of the molecule is CCN(CC)S(=O)(=O)c1cccc(NC(=O)CCNC(=O)CCC(=O)c2cccs2)c1. The molecule has 0 aliphatic rings. The number of benzene rings is 1. The van der Waals surface area contributed by atoms with Gasteiger partial charge in [-0.15, -0.1) is 11.3 Å². The monoisotopic (exact) mass is 465 g/mol. The number of anilines is 1. The Bertz CT molecular complexity index is 1000. The fourth-order valence-corrected chi connectivity index (χ4v) is 5.06. The first-order valence-corrected chi connectivity index (χ1v) is 12.3. The van der Waals surface area contributed by atoms with Gasteiger partial charge in [0.1, 0.15) is 0 Å². The van der Waals surface area contributed by atoms with E-state index in [2.05, 4.69) is 10.6 Å². The van der Waals surface area contributed by atoms with E-state index in [9.17, 15) is 22.8 Å². The van der Waals surface area contributed by atoms with Crippen LogP contribution in [-0.2, 0) is 19.6 Å². The van der Waals surface area contributed by atoms with Crippen LogP contribution in [-0.4, -0.2) is 50.0 Å². The number of carbonyl (C=O) groups excluding carboxylic acids is 3. The van der Waals surface area contributed by atoms with E-state index in [1.54, 1.807) is 43.5 Å². The zero-order chi connectivity index (χ0) is 22.9. The van der Waals surface area contributed by atoms with E-state index < -0.39 is 10.0 Å². The average molecular weight is 466 g/mol. The Morgan fingerprint density at radius 3 is 2.35 bits per heavy atom. The zero-order valence-electron chi connectivity index (χ0n) is 17.6. The number of carbonyl (C=O) groups is 3. The number of hydrogen-bond acceptors (Lipinski definition) is 6. The summed E-state index contributed by atoms with van der Waals surface area (Å²) in [4.78, 5) is 36.6. The molecule has 0 unspecified atom stereocenters. The molecule has 0 saturated carbocycles. The molecule has 8 nitrogen and oxygen atoms in total. The number of nitrogens with one attached hydrogen (secondary N) is 2. The summed E-state index contributed by atoms with van der Waals surface area (Å²) in [7, 11) is -3.62. The van der Waals surface area contributed by atoms with Crippen LogP contribution in [0.2, 0.25) is 0 Å². The van der Waals surface area contributed by atoms with Gasteiger partial charge in [-0.2, -0.15) is 4.31 Å². The molecular formula is C21H27N3O5S2. The van der Waals surface area contributed by atoms with Gasteiger partial charge in [0.2, 0.25) is 21.8 Å². The Kier molecular flexibility index (Phi) is 9.35. The second-order valence-corrected chi connectivity index (χ2v) is 9.55. The van der Waals surface area contributed by atoms with Gasteiger partial charge in [0, 0.05) is 44.6 Å². The third-order valence-corrected chi connectivity index (χ3v) is 7.47. The molecule has 0 radical (unpaired) electrons. The fourth-order valence-electron chi connectivity index (χ4n) is 2.86. The van der Waals surface area contributed by atoms with E-state index in [0.717, 1.165) is 0 Å². The number of hydrogen-bond donors (Lipinski definition) is 2. The lowest BCUT2D eigenvalue weighted by atomic mass is 10.2. The fraction of sp³-hybridized carbons (Fsp3) is 0.381. The first kappa shape index (κ1) is 24.7. The predicted octanol–water partition coefficient (Wildman–Crippen LogP) is 2.89. The summed E-state index contributed by atoms with van der Waals surface area (Å²) in [6.45, 7) is 4.36. The molecule has 31 heavy (non-hydrogen) atoms. The quantitative estimate of drug-likeness (QED) is 0.468. The van der Waals surface area contributed by atoms with Crippen molar-refractivity contribution in [3.05, 3.63) is 46.7 Å². The van der Waals surface area contributed by atoms with E-state index in [-0.39, 0.29) is 48.3 Å². The Morgan fingerprint density at radius 2 is 1.71 bits per heavy atom. The van der Waals surface area contributed by atoms with Crippen LogP contribution in [0.1, 0.15) is 42.8 Å². The van der Waals surface area contributed by atoms with E-state index in [1.165, 1.54) is 27.8 Å². The third-order valence-electron chi connectivity index (χ3n) is 4.51. The van der Waals surface area contributed by atoms with Gasteiger partial charge in [-0.25, -0.2) is 8.42 Å². The highest BCUT2D eigenvalue weighted by molar-refractivity contribution is 7.89. The molecule has 0 atom stereocenters. The van der Waals surface area contributed by atoms with Crippen molar-refractivity contribution in [3.63, 3.8) is 0 Å². The van der Waals surface area contributed by atoms with Crippen molar-refractivity contribution in [1.29, 1.82) is 0 Å². The van der Waals surface area contributed by atoms with E-state index in [4.69, 9.17) is 0 Å². The van der Waals surface area contributed by atoms with Crippen molar-refractivity contribution in [1.82, 2.24) is 9.62 Å². The Morgan fingerprint density at radius 1 is 0.968 bits per heavy atom. The number of sulfonamides is 1. The van der Waals surface area contributed by atoms with Crippen molar-refractivity contribution in [2.24, 2.45) is 0 Å². The molecule has 0 saturated heterocycles. The van der Waals surface area contributed by atoms with Crippen LogP contribution >= 0.6 is 11.3 Å². The molecule has 1 aromatic carbocycles. The van der Waals surface area contributed by atoms with Gasteiger partial charge in [0.15, 0.2) is 5.78 Å². The molecule has 0 bridgehead atoms. The van der Waals surface area contributed by atoms with Crippen LogP contribution in [0.15, 0.2) is 46.7 Å². The number of Topliss-reactive ketones (excluding diaryl/α,β-unsaturated/α-hetero) is 1. The minimum Gasteiger partial charge on any atom is -0.356 e. The maximum atomic E-state index is 12.6. The standard InChI is InChI=1S/C21H27N3O5S2/c1-3-24(4-2)31(28,29)17-8-5-7-16(15-17)23-21(27)12-13-22-20(26)11-10-18(25)19-9-6-14-30-19/h5-9,14-15H,3-4,10-13H2,1-2H3,(H,22,26)(H,23,27). The second-order valence-electron chi connectivity index (χ2n) is 6.67. The Balaban J connectivity index is 1.80. The Hall–Kier alpha value is -2.56. The number of thiophene rings is 1. The summed E-state index contributed by atoms with van der Waals surface area (Å²) in [6, 6.07) is 9.58. The van der Waals surface area contributed by atoms with Gasteiger partial charge in [-0.05, 0) is 29.6 Å². The molecule has 0 aliphatic heterocycles. The number of rotatable bonds is 12. The lowest BCUT2D eigenvalue weighted by Gasteiger charge is -2.18. The normalized spacial score (nSPS) is 11.3. The third kappa shape index (κ3) is 7.27. The highest BCUT2D eigenvalue weighted by Gasteiger charge is 2.21. The lowest BCUT2D eigenvalue weighted by molar-refractivity contribution is -0.121. The number of nitrogens with zero attached hydrogens (tertiary/aromatic N) is 1. The van der Waals surface area contributed by atoms with Crippen LogP contribution in [0.5, 0.6) is 0 Å². The molecule has 0 spiro atoms. The topological polar surface area (TPSA) is 113 Å². The highest BCUT2D eigenvalue weighted by atomic mass is 32.2. The smallest absolute Gasteiger partial charge is 0.243 e. The molecule has 0 aliphatic carbocycles. The van der Waals surface area contributed by atoms with Gasteiger partial charge in [-0.1, -0.05) is 26.0 Å². The minimum absolute atomic E-state index is 0.0254. The van der Waals surface area contributed by atoms with Gasteiger partial charge >= 0.3 is 0 Å². The number of ketones is 1. The van der Waals surface area contributed by atoms with E-state index in [0.29, 0.717) is 23.7 Å². The van der Waals surface area contributed by atoms with Crippen LogP contribution < -0.4 is 10.6 Å². The molecular weight excluding hydrogens is 438 g/mol. The average Bonchev–Trinajstić information content (AvgIpc) is 3.28. The molecule has 2 rings (SSSR count). The minimum atomic E-state index is -3.62. The number of amides is 2. The Labute approximate surface area is 186 Å². The molecule has 0 fully saturated rings. The lowest BCUT2D eigenvalue weighted by Crippen LogP contribution is -2.30. The van der Waals surface area contributed by atoms with Crippen LogP contribution in [0, 0.1) is 0 Å². The molecule has 168 valence electrons. The van der Waals surface area contributed by atoms with Gasteiger partial charge in [0.05, 0.1) is 9.77 Å². The van der Waals surface area contributed by atoms with Gasteiger partial charge in [0.25, 0.3) is 0 Å². The van der Waals surface area contributed by atoms with Crippen molar-refractivity contribution < 1.29 is 22.8 Å². The van der Waals surface area contributed by atoms with Crippen molar-refractivity contribution >= 4 is 44.6 Å². The van der Waals surface area contributed by atoms with E-state index >= 15 is 0 Å². The molecule has 2 aromatic rings. The summed E-state index contributed by atoms with van der Waals surface area (Å²) in [6.07, 6.45) is 0.202. The maximum Gasteiger partial charge on any atom is 0.243 e. The first-order chi connectivity index (χ1) is 14.8. The largest absolute Gasteiger partial charge is 0.356 e. The second kappa shape index (κ2) is 11.7. The van der Waals surface area contributed by atoms with Crippen LogP contribution in [0.4, 0.5) is 5.69 Å². The summed E-state index contributed by atoms with van der Waals surface area (Å²) >= 11 is 1.34. The zero-order valence-corrected chi connectivity index (χ0v) is 19.2. The summed E-state index contributed by atoms with van der Waals surface area (Å²) in [5, 5.41) is 7.07. The molecule has 1 heterocycles. The van der Waals surface area contributed by atoms with Gasteiger partial charge < -0.3 is 10.6 Å². The predicted molar refractivity (Wildman–Crippen MR) is 121 cm³/mol. The molecule has 2 N–H and O–H groups in total. The molecule has 1 aromatic heterocycles. The van der Waals surface area contributed by atoms with E-state index in [1.807, 2.05) is 0 Å². The van der Waals surface area contributed by atoms with Crippen molar-refractivity contribution in [2.45, 2.75) is 38.0 Å². The van der Waals surface area contributed by atoms with Crippen LogP contribution in [0.25, 0.3) is 0 Å². The summed E-state index contributed by atoms with van der Waals surface area (Å²) in [5.74, 6) is -0.736. The molecule has 2 amide bonds. The van der Waals surface area contributed by atoms with Crippen molar-refractivity contribution in [3.8, 4) is 0 Å². The highest BCUT2D eigenvalue weighted by Crippen LogP contribution is 2.19. The summed E-state index contributed by atoms with van der Waals surface area (Å²) < 4.78 is 26.6. The first-order valence-electron chi connectivity index (χ1n) is 10.0.